The van der Waals surface area contributed by atoms with E-state index in [2.05, 4.69) is 10.6 Å². The molecule has 2 rings (SSSR count). The third-order valence-corrected chi connectivity index (χ3v) is 3.72. The lowest BCUT2D eigenvalue weighted by molar-refractivity contribution is 0.249. The number of aromatic nitrogens is 1. The second-order valence-electron chi connectivity index (χ2n) is 4.20. The maximum absolute atomic E-state index is 11.8. The number of amides is 2. The molecule has 2 aromatic heterocycles. The Morgan fingerprint density at radius 3 is 2.79 bits per heavy atom. The maximum atomic E-state index is 11.8. The molecular formula is C13H15N3O2S. The van der Waals surface area contributed by atoms with Crippen LogP contribution in [0.15, 0.2) is 40.6 Å². The fraction of sp³-hybridized carbons (Fsp3) is 0.231. The number of anilines is 1. The Labute approximate surface area is 114 Å². The quantitative estimate of drug-likeness (QED) is 0.904. The van der Waals surface area contributed by atoms with Crippen LogP contribution in [0.5, 0.6) is 0 Å². The van der Waals surface area contributed by atoms with Gasteiger partial charge in [-0.3, -0.25) is 4.79 Å². The number of hydrogen-bond donors (Lipinski definition) is 2. The van der Waals surface area contributed by atoms with Crippen molar-refractivity contribution in [3.63, 3.8) is 0 Å². The summed E-state index contributed by atoms with van der Waals surface area (Å²) in [5.41, 5.74) is 0.468. The fourth-order valence-corrected chi connectivity index (χ4v) is 2.37. The average molecular weight is 277 g/mol. The average Bonchev–Trinajstić information content (AvgIpc) is 2.87. The highest BCUT2D eigenvalue weighted by atomic mass is 32.1. The summed E-state index contributed by atoms with van der Waals surface area (Å²) >= 11 is 1.60. The van der Waals surface area contributed by atoms with Gasteiger partial charge in [0.05, 0.1) is 11.7 Å². The van der Waals surface area contributed by atoms with E-state index in [9.17, 15) is 9.59 Å². The summed E-state index contributed by atoms with van der Waals surface area (Å²) < 4.78 is 1.41. The SMILES string of the molecule is C[C@H](NC(=O)Nc1ccc(=O)n(C)c1)c1cccs1. The van der Waals surface area contributed by atoms with E-state index in [0.717, 1.165) is 4.88 Å². The van der Waals surface area contributed by atoms with Gasteiger partial charge in [0.25, 0.3) is 0 Å². The third kappa shape index (κ3) is 3.45. The molecule has 0 aliphatic rings. The molecule has 0 saturated heterocycles. The lowest BCUT2D eigenvalue weighted by Crippen LogP contribution is -2.31. The van der Waals surface area contributed by atoms with Gasteiger partial charge in [0, 0.05) is 24.2 Å². The molecule has 2 N–H and O–H groups in total. The Kier molecular flexibility index (Phi) is 4.01. The molecule has 0 aliphatic heterocycles. The van der Waals surface area contributed by atoms with Crippen LogP contribution in [0, 0.1) is 0 Å². The molecule has 2 amide bonds. The number of rotatable bonds is 3. The highest BCUT2D eigenvalue weighted by molar-refractivity contribution is 7.10. The van der Waals surface area contributed by atoms with Crippen molar-refractivity contribution in [3.8, 4) is 0 Å². The monoisotopic (exact) mass is 277 g/mol. The van der Waals surface area contributed by atoms with Crippen molar-refractivity contribution in [2.75, 3.05) is 5.32 Å². The molecule has 6 heteroatoms. The van der Waals surface area contributed by atoms with E-state index in [1.807, 2.05) is 24.4 Å². The second kappa shape index (κ2) is 5.71. The van der Waals surface area contributed by atoms with E-state index < -0.39 is 0 Å². The first-order valence-corrected chi connectivity index (χ1v) is 6.72. The minimum Gasteiger partial charge on any atom is -0.331 e. The van der Waals surface area contributed by atoms with Gasteiger partial charge in [0.1, 0.15) is 0 Å². The Balaban J connectivity index is 1.97. The number of nitrogens with one attached hydrogen (secondary N) is 2. The zero-order valence-electron chi connectivity index (χ0n) is 10.7. The van der Waals surface area contributed by atoms with Crippen LogP contribution >= 0.6 is 11.3 Å². The fourth-order valence-electron chi connectivity index (χ4n) is 1.64. The first-order valence-electron chi connectivity index (χ1n) is 5.84. The van der Waals surface area contributed by atoms with Crippen molar-refractivity contribution in [2.24, 2.45) is 7.05 Å². The molecule has 0 radical (unpaired) electrons. The highest BCUT2D eigenvalue weighted by Gasteiger charge is 2.10. The van der Waals surface area contributed by atoms with Crippen molar-refractivity contribution in [1.29, 1.82) is 0 Å². The van der Waals surface area contributed by atoms with Crippen LogP contribution in [0.2, 0.25) is 0 Å². The van der Waals surface area contributed by atoms with Crippen molar-refractivity contribution >= 4 is 23.1 Å². The van der Waals surface area contributed by atoms with Crippen molar-refractivity contribution in [3.05, 3.63) is 51.1 Å². The molecule has 0 fully saturated rings. The van der Waals surface area contributed by atoms with E-state index in [0.29, 0.717) is 5.69 Å². The van der Waals surface area contributed by atoms with Crippen molar-refractivity contribution < 1.29 is 4.79 Å². The molecule has 100 valence electrons. The maximum Gasteiger partial charge on any atom is 0.319 e. The molecule has 0 bridgehead atoms. The third-order valence-electron chi connectivity index (χ3n) is 2.66. The van der Waals surface area contributed by atoms with Crippen LogP contribution in [-0.2, 0) is 7.05 Å². The normalized spacial score (nSPS) is 11.9. The van der Waals surface area contributed by atoms with Gasteiger partial charge in [0.2, 0.25) is 5.56 Å². The lowest BCUT2D eigenvalue weighted by atomic mass is 10.3. The van der Waals surface area contributed by atoms with Crippen LogP contribution in [0.1, 0.15) is 17.8 Å². The summed E-state index contributed by atoms with van der Waals surface area (Å²) in [7, 11) is 1.64. The van der Waals surface area contributed by atoms with Crippen LogP contribution in [0.25, 0.3) is 0 Å². The molecule has 1 atom stereocenters. The van der Waals surface area contributed by atoms with Crippen LogP contribution in [0.3, 0.4) is 0 Å². The Hall–Kier alpha value is -2.08. The number of urea groups is 1. The minimum atomic E-state index is -0.292. The molecule has 0 aliphatic carbocycles. The topological polar surface area (TPSA) is 63.1 Å². The predicted molar refractivity (Wildman–Crippen MR) is 76.6 cm³/mol. The van der Waals surface area contributed by atoms with E-state index in [-0.39, 0.29) is 17.6 Å². The minimum absolute atomic E-state index is 0.0486. The summed E-state index contributed by atoms with van der Waals surface area (Å²) in [6, 6.07) is 6.58. The molecule has 19 heavy (non-hydrogen) atoms. The van der Waals surface area contributed by atoms with Crippen molar-refractivity contribution in [2.45, 2.75) is 13.0 Å². The smallest absolute Gasteiger partial charge is 0.319 e. The summed E-state index contributed by atoms with van der Waals surface area (Å²) in [6.07, 6.45) is 1.58. The molecule has 0 saturated carbocycles. The lowest BCUT2D eigenvalue weighted by Gasteiger charge is -2.13. The van der Waals surface area contributed by atoms with Gasteiger partial charge in [-0.25, -0.2) is 4.79 Å². The Morgan fingerprint density at radius 2 is 2.16 bits per heavy atom. The zero-order valence-corrected chi connectivity index (χ0v) is 11.5. The Bertz CT molecular complexity index is 619. The standard InChI is InChI=1S/C13H15N3O2S/c1-9(11-4-3-7-19-11)14-13(18)15-10-5-6-12(17)16(2)8-10/h3-9H,1-2H3,(H2,14,15,18)/t9-/m0/s1. The van der Waals surface area contributed by atoms with Gasteiger partial charge in [-0.1, -0.05) is 6.07 Å². The number of carbonyl (C=O) groups is 1. The summed E-state index contributed by atoms with van der Waals surface area (Å²) in [4.78, 5) is 24.1. The van der Waals surface area contributed by atoms with E-state index in [1.54, 1.807) is 30.6 Å². The van der Waals surface area contributed by atoms with Gasteiger partial charge >= 0.3 is 6.03 Å². The van der Waals surface area contributed by atoms with Crippen LogP contribution in [0.4, 0.5) is 10.5 Å². The number of hydrogen-bond acceptors (Lipinski definition) is 3. The molecule has 0 spiro atoms. The first kappa shape index (κ1) is 13.4. The molecule has 0 unspecified atom stereocenters. The Morgan fingerprint density at radius 1 is 1.37 bits per heavy atom. The number of thiophene rings is 1. The van der Waals surface area contributed by atoms with Crippen LogP contribution < -0.4 is 16.2 Å². The highest BCUT2D eigenvalue weighted by Crippen LogP contribution is 2.18. The summed E-state index contributed by atoms with van der Waals surface area (Å²) in [5, 5.41) is 7.51. The summed E-state index contributed by atoms with van der Waals surface area (Å²) in [6.45, 7) is 1.92. The van der Waals surface area contributed by atoms with Crippen molar-refractivity contribution in [1.82, 2.24) is 9.88 Å². The van der Waals surface area contributed by atoms with Crippen LogP contribution in [-0.4, -0.2) is 10.6 Å². The van der Waals surface area contributed by atoms with Gasteiger partial charge in [-0.2, -0.15) is 0 Å². The predicted octanol–water partition coefficient (Wildman–Crippen LogP) is 2.33. The number of nitrogens with zero attached hydrogens (tertiary/aromatic N) is 1. The molecule has 2 heterocycles. The first-order chi connectivity index (χ1) is 9.06. The van der Waals surface area contributed by atoms with E-state index in [4.69, 9.17) is 0 Å². The molecular weight excluding hydrogens is 262 g/mol. The number of pyridine rings is 1. The summed E-state index contributed by atoms with van der Waals surface area (Å²) in [5.74, 6) is 0. The number of aryl methyl sites for hydroxylation is 1. The van der Waals surface area contributed by atoms with E-state index >= 15 is 0 Å². The van der Waals surface area contributed by atoms with Gasteiger partial charge in [-0.15, -0.1) is 11.3 Å². The second-order valence-corrected chi connectivity index (χ2v) is 5.18. The van der Waals surface area contributed by atoms with Gasteiger partial charge < -0.3 is 15.2 Å². The molecule has 5 nitrogen and oxygen atoms in total. The largest absolute Gasteiger partial charge is 0.331 e. The zero-order chi connectivity index (χ0) is 13.8. The van der Waals surface area contributed by atoms with Gasteiger partial charge in [-0.05, 0) is 24.4 Å². The number of carbonyl (C=O) groups excluding carboxylic acids is 1. The molecule has 0 aromatic carbocycles. The van der Waals surface area contributed by atoms with E-state index in [1.165, 1.54) is 10.6 Å². The van der Waals surface area contributed by atoms with Gasteiger partial charge in [0.15, 0.2) is 0 Å². The molecule has 2 aromatic rings.